The molecule has 0 bridgehead atoms. The topological polar surface area (TPSA) is 88.5 Å². The standard InChI is InChI=1S/C22H21Cl2N5O3/c1-28-20(30)13-19(29-8-10-32-11-9-29)27-21(28)14-2-5-16(6-3-14)25-22(31)26-18-7-4-15(23)12-17(18)24/h2-7,12-13H,8-11H2,1H3,(H2,25,26,31). The van der Waals surface area contributed by atoms with Crippen molar-refractivity contribution in [2.24, 2.45) is 7.05 Å². The number of aromatic nitrogens is 2. The van der Waals surface area contributed by atoms with Crippen LogP contribution in [0.2, 0.25) is 10.0 Å². The van der Waals surface area contributed by atoms with E-state index in [4.69, 9.17) is 32.9 Å². The van der Waals surface area contributed by atoms with Crippen molar-refractivity contribution in [3.05, 3.63) is 68.9 Å². The Balaban J connectivity index is 1.50. The summed E-state index contributed by atoms with van der Waals surface area (Å²) in [5.74, 6) is 1.18. The molecule has 10 heteroatoms. The number of carbonyl (C=O) groups excluding carboxylic acids is 1. The Morgan fingerprint density at radius 1 is 1.03 bits per heavy atom. The SMILES string of the molecule is Cn1c(-c2ccc(NC(=O)Nc3ccc(Cl)cc3Cl)cc2)nc(N2CCOCC2)cc1=O. The molecule has 1 fully saturated rings. The number of hydrogen-bond acceptors (Lipinski definition) is 5. The molecule has 4 rings (SSSR count). The molecule has 0 unspecified atom stereocenters. The number of nitrogens with zero attached hydrogens (tertiary/aromatic N) is 3. The lowest BCUT2D eigenvalue weighted by Gasteiger charge is -2.28. The summed E-state index contributed by atoms with van der Waals surface area (Å²) in [6, 6.07) is 13.0. The lowest BCUT2D eigenvalue weighted by atomic mass is 10.2. The molecule has 2 aromatic carbocycles. The second-order valence-electron chi connectivity index (χ2n) is 7.22. The van der Waals surface area contributed by atoms with Crippen LogP contribution in [-0.4, -0.2) is 41.9 Å². The number of morpholine rings is 1. The third-order valence-electron chi connectivity index (χ3n) is 5.04. The quantitative estimate of drug-likeness (QED) is 0.591. The van der Waals surface area contributed by atoms with Crippen molar-refractivity contribution in [2.75, 3.05) is 41.8 Å². The van der Waals surface area contributed by atoms with Crippen LogP contribution in [0.4, 0.5) is 22.0 Å². The van der Waals surface area contributed by atoms with Crippen LogP contribution in [0.3, 0.4) is 0 Å². The zero-order valence-electron chi connectivity index (χ0n) is 17.3. The molecule has 0 radical (unpaired) electrons. The van der Waals surface area contributed by atoms with E-state index in [2.05, 4.69) is 10.6 Å². The van der Waals surface area contributed by atoms with Crippen LogP contribution in [-0.2, 0) is 11.8 Å². The number of amides is 2. The van der Waals surface area contributed by atoms with Gasteiger partial charge in [-0.1, -0.05) is 23.2 Å². The molecule has 0 aliphatic carbocycles. The molecule has 2 heterocycles. The summed E-state index contributed by atoms with van der Waals surface area (Å²) in [7, 11) is 1.68. The lowest BCUT2D eigenvalue weighted by Crippen LogP contribution is -2.38. The molecule has 0 atom stereocenters. The largest absolute Gasteiger partial charge is 0.378 e. The zero-order valence-corrected chi connectivity index (χ0v) is 18.8. The van der Waals surface area contributed by atoms with Crippen molar-refractivity contribution in [3.63, 3.8) is 0 Å². The molecule has 0 spiro atoms. The highest BCUT2D eigenvalue weighted by Gasteiger charge is 2.16. The van der Waals surface area contributed by atoms with Crippen LogP contribution in [0.25, 0.3) is 11.4 Å². The summed E-state index contributed by atoms with van der Waals surface area (Å²) in [5.41, 5.74) is 1.64. The van der Waals surface area contributed by atoms with Crippen molar-refractivity contribution < 1.29 is 9.53 Å². The molecular weight excluding hydrogens is 453 g/mol. The Labute approximate surface area is 194 Å². The average Bonchev–Trinajstić information content (AvgIpc) is 2.79. The van der Waals surface area contributed by atoms with Gasteiger partial charge in [-0.05, 0) is 42.5 Å². The van der Waals surface area contributed by atoms with Gasteiger partial charge in [0.05, 0.1) is 23.9 Å². The van der Waals surface area contributed by atoms with Crippen LogP contribution in [0.1, 0.15) is 0 Å². The van der Waals surface area contributed by atoms with Crippen molar-refractivity contribution in [1.82, 2.24) is 9.55 Å². The summed E-state index contributed by atoms with van der Waals surface area (Å²) in [6.07, 6.45) is 0. The van der Waals surface area contributed by atoms with E-state index in [1.54, 1.807) is 49.5 Å². The lowest BCUT2D eigenvalue weighted by molar-refractivity contribution is 0.122. The third-order valence-corrected chi connectivity index (χ3v) is 5.58. The fraction of sp³-hybridized carbons (Fsp3) is 0.227. The predicted octanol–water partition coefficient (Wildman–Crippen LogP) is 4.23. The molecule has 32 heavy (non-hydrogen) atoms. The molecular formula is C22H21Cl2N5O3. The number of urea groups is 1. The van der Waals surface area contributed by atoms with Crippen molar-refractivity contribution in [2.45, 2.75) is 0 Å². The average molecular weight is 474 g/mol. The Morgan fingerprint density at radius 3 is 2.44 bits per heavy atom. The van der Waals surface area contributed by atoms with E-state index in [9.17, 15) is 9.59 Å². The number of hydrogen-bond donors (Lipinski definition) is 2. The van der Waals surface area contributed by atoms with Crippen LogP contribution < -0.4 is 21.1 Å². The molecule has 1 aliphatic heterocycles. The molecule has 1 saturated heterocycles. The van der Waals surface area contributed by atoms with Gasteiger partial charge in [-0.2, -0.15) is 0 Å². The molecule has 1 aliphatic rings. The van der Waals surface area contributed by atoms with E-state index in [-0.39, 0.29) is 5.56 Å². The van der Waals surface area contributed by atoms with Gasteiger partial charge >= 0.3 is 6.03 Å². The monoisotopic (exact) mass is 473 g/mol. The highest BCUT2D eigenvalue weighted by atomic mass is 35.5. The maximum Gasteiger partial charge on any atom is 0.323 e. The fourth-order valence-corrected chi connectivity index (χ4v) is 3.77. The van der Waals surface area contributed by atoms with Gasteiger partial charge in [0, 0.05) is 42.5 Å². The van der Waals surface area contributed by atoms with Crippen LogP contribution >= 0.6 is 23.2 Å². The third kappa shape index (κ3) is 5.04. The predicted molar refractivity (Wildman–Crippen MR) is 127 cm³/mol. The first kappa shape index (κ1) is 22.1. The number of anilines is 3. The maximum absolute atomic E-state index is 12.5. The molecule has 0 saturated carbocycles. The molecule has 2 amide bonds. The van der Waals surface area contributed by atoms with Gasteiger partial charge in [-0.3, -0.25) is 9.36 Å². The van der Waals surface area contributed by atoms with Gasteiger partial charge in [0.25, 0.3) is 5.56 Å². The molecule has 3 aromatic rings. The van der Waals surface area contributed by atoms with Crippen molar-refractivity contribution >= 4 is 46.4 Å². The van der Waals surface area contributed by atoms with E-state index in [1.165, 1.54) is 10.6 Å². The van der Waals surface area contributed by atoms with Gasteiger partial charge in [-0.15, -0.1) is 0 Å². The minimum atomic E-state index is -0.443. The summed E-state index contributed by atoms with van der Waals surface area (Å²) in [4.78, 5) is 31.5. The second kappa shape index (κ2) is 9.60. The van der Waals surface area contributed by atoms with Crippen LogP contribution in [0.5, 0.6) is 0 Å². The van der Waals surface area contributed by atoms with Crippen LogP contribution in [0, 0.1) is 0 Å². The van der Waals surface area contributed by atoms with Gasteiger partial charge in [0.2, 0.25) is 0 Å². The second-order valence-corrected chi connectivity index (χ2v) is 8.06. The number of halogens is 2. The van der Waals surface area contributed by atoms with Crippen molar-refractivity contribution in [1.29, 1.82) is 0 Å². The van der Waals surface area contributed by atoms with E-state index in [1.807, 2.05) is 4.90 Å². The number of rotatable bonds is 4. The van der Waals surface area contributed by atoms with E-state index in [0.29, 0.717) is 59.4 Å². The van der Waals surface area contributed by atoms with Gasteiger partial charge in [0.1, 0.15) is 11.6 Å². The summed E-state index contributed by atoms with van der Waals surface area (Å²) < 4.78 is 6.88. The van der Waals surface area contributed by atoms with E-state index in [0.717, 1.165) is 5.56 Å². The normalized spacial score (nSPS) is 13.7. The number of ether oxygens (including phenoxy) is 1. The number of benzene rings is 2. The fourth-order valence-electron chi connectivity index (χ4n) is 3.32. The summed E-state index contributed by atoms with van der Waals surface area (Å²) in [5, 5.41) is 6.25. The highest BCUT2D eigenvalue weighted by molar-refractivity contribution is 6.36. The van der Waals surface area contributed by atoms with Gasteiger partial charge in [0.15, 0.2) is 0 Å². The summed E-state index contributed by atoms with van der Waals surface area (Å²) in [6.45, 7) is 2.59. The first-order chi connectivity index (χ1) is 15.4. The molecule has 1 aromatic heterocycles. The van der Waals surface area contributed by atoms with Crippen molar-refractivity contribution in [3.8, 4) is 11.4 Å². The molecule has 166 valence electrons. The van der Waals surface area contributed by atoms with Gasteiger partial charge < -0.3 is 20.3 Å². The zero-order chi connectivity index (χ0) is 22.7. The van der Waals surface area contributed by atoms with E-state index < -0.39 is 6.03 Å². The van der Waals surface area contributed by atoms with Crippen LogP contribution in [0.15, 0.2) is 53.3 Å². The first-order valence-electron chi connectivity index (χ1n) is 9.95. The molecule has 2 N–H and O–H groups in total. The first-order valence-corrected chi connectivity index (χ1v) is 10.7. The number of carbonyl (C=O) groups is 1. The number of nitrogens with one attached hydrogen (secondary N) is 2. The summed E-state index contributed by atoms with van der Waals surface area (Å²) >= 11 is 12.0. The minimum absolute atomic E-state index is 0.141. The Hall–Kier alpha value is -3.07. The Morgan fingerprint density at radius 2 is 1.75 bits per heavy atom. The maximum atomic E-state index is 12.5. The Kier molecular flexibility index (Phi) is 6.64. The van der Waals surface area contributed by atoms with Gasteiger partial charge in [-0.25, -0.2) is 9.78 Å². The smallest absolute Gasteiger partial charge is 0.323 e. The molecule has 8 nitrogen and oxygen atoms in total. The minimum Gasteiger partial charge on any atom is -0.378 e. The highest BCUT2D eigenvalue weighted by Crippen LogP contribution is 2.26. The van der Waals surface area contributed by atoms with E-state index >= 15 is 0 Å². The Bertz CT molecular complexity index is 1190.